The number of carbonyl (C=O) groups is 3. The molecule has 2 atom stereocenters. The average Bonchev–Trinajstić information content (AvgIpc) is 3.58. The zero-order valence-corrected chi connectivity index (χ0v) is 23.4. The monoisotopic (exact) mass is 537 g/mol. The molecule has 0 radical (unpaired) electrons. The molecule has 40 heavy (non-hydrogen) atoms. The Kier molecular flexibility index (Phi) is 8.34. The first kappa shape index (κ1) is 27.6. The summed E-state index contributed by atoms with van der Waals surface area (Å²) in [6.07, 6.45) is 4.01. The molecular formula is C34H39N3O3. The van der Waals surface area contributed by atoms with Gasteiger partial charge in [0.25, 0.3) is 0 Å². The van der Waals surface area contributed by atoms with E-state index in [1.807, 2.05) is 84.9 Å². The van der Waals surface area contributed by atoms with Crippen LogP contribution in [0.15, 0.2) is 84.9 Å². The molecule has 1 unspecified atom stereocenters. The molecule has 3 aromatic carbocycles. The summed E-state index contributed by atoms with van der Waals surface area (Å²) in [5.74, 6) is 0.100. The van der Waals surface area contributed by atoms with Gasteiger partial charge in [-0.25, -0.2) is 0 Å². The molecule has 5 rings (SSSR count). The second-order valence-corrected chi connectivity index (χ2v) is 11.3. The van der Waals surface area contributed by atoms with Gasteiger partial charge < -0.3 is 15.5 Å². The maximum atomic E-state index is 13.5. The van der Waals surface area contributed by atoms with Crippen molar-refractivity contribution in [1.82, 2.24) is 10.2 Å². The molecule has 3 amide bonds. The van der Waals surface area contributed by atoms with Gasteiger partial charge in [-0.05, 0) is 54.4 Å². The molecule has 1 saturated heterocycles. The van der Waals surface area contributed by atoms with Crippen molar-refractivity contribution in [1.29, 1.82) is 0 Å². The predicted octanol–water partition coefficient (Wildman–Crippen LogP) is 5.99. The van der Waals surface area contributed by atoms with E-state index in [1.165, 1.54) is 0 Å². The second kappa shape index (κ2) is 12.1. The average molecular weight is 538 g/mol. The number of nitrogens with zero attached hydrogens (tertiary/aromatic N) is 1. The molecule has 2 heterocycles. The Morgan fingerprint density at radius 3 is 2.20 bits per heavy atom. The molecule has 2 aliphatic rings. The highest BCUT2D eigenvalue weighted by Gasteiger charge is 2.48. The van der Waals surface area contributed by atoms with Crippen LogP contribution in [0.3, 0.4) is 0 Å². The molecule has 0 saturated carbocycles. The van der Waals surface area contributed by atoms with Gasteiger partial charge in [-0.2, -0.15) is 0 Å². The van der Waals surface area contributed by atoms with Crippen LogP contribution >= 0.6 is 0 Å². The molecule has 1 fully saturated rings. The third kappa shape index (κ3) is 5.40. The van der Waals surface area contributed by atoms with Crippen LogP contribution in [0.4, 0.5) is 5.69 Å². The fourth-order valence-electron chi connectivity index (χ4n) is 6.50. The first-order valence-electron chi connectivity index (χ1n) is 14.5. The number of rotatable bonds is 10. The van der Waals surface area contributed by atoms with Crippen molar-refractivity contribution in [3.8, 4) is 0 Å². The molecule has 0 aliphatic carbocycles. The zero-order chi connectivity index (χ0) is 28.1. The lowest BCUT2D eigenvalue weighted by atomic mass is 9.69. The van der Waals surface area contributed by atoms with E-state index >= 15 is 0 Å². The van der Waals surface area contributed by atoms with Crippen molar-refractivity contribution in [3.05, 3.63) is 102 Å². The third-order valence-corrected chi connectivity index (χ3v) is 8.69. The lowest BCUT2D eigenvalue weighted by Gasteiger charge is -2.32. The summed E-state index contributed by atoms with van der Waals surface area (Å²) in [5, 5.41) is 6.30. The summed E-state index contributed by atoms with van der Waals surface area (Å²) in [4.78, 5) is 41.7. The SMILES string of the molecule is CC(C)C1(CCCCC(=O)N2CCC[C@@H]2C(=O)NC(c2ccccc2)c2ccccc2)C(=O)Nc2ccccc21. The highest BCUT2D eigenvalue weighted by atomic mass is 16.2. The predicted molar refractivity (Wildman–Crippen MR) is 158 cm³/mol. The van der Waals surface area contributed by atoms with E-state index in [2.05, 4.69) is 24.5 Å². The number of hydrogen-bond acceptors (Lipinski definition) is 3. The topological polar surface area (TPSA) is 78.5 Å². The summed E-state index contributed by atoms with van der Waals surface area (Å²) in [6.45, 7) is 4.79. The van der Waals surface area contributed by atoms with Crippen molar-refractivity contribution in [2.24, 2.45) is 5.92 Å². The Hall–Kier alpha value is -3.93. The first-order chi connectivity index (χ1) is 19.4. The summed E-state index contributed by atoms with van der Waals surface area (Å²) in [5.41, 5.74) is 3.40. The molecule has 6 nitrogen and oxygen atoms in total. The molecular weight excluding hydrogens is 498 g/mol. The van der Waals surface area contributed by atoms with Crippen LogP contribution in [0.25, 0.3) is 0 Å². The Balaban J connectivity index is 1.21. The van der Waals surface area contributed by atoms with Crippen LogP contribution in [0, 0.1) is 5.92 Å². The lowest BCUT2D eigenvalue weighted by Crippen LogP contribution is -2.47. The van der Waals surface area contributed by atoms with Crippen LogP contribution in [0.2, 0.25) is 0 Å². The number of fused-ring (bicyclic) bond motifs is 1. The maximum Gasteiger partial charge on any atom is 0.243 e. The van der Waals surface area contributed by atoms with Crippen molar-refractivity contribution in [3.63, 3.8) is 0 Å². The fraction of sp³-hybridized carbons (Fsp3) is 0.382. The molecule has 0 aromatic heterocycles. The minimum atomic E-state index is -0.570. The Morgan fingerprint density at radius 1 is 0.925 bits per heavy atom. The van der Waals surface area contributed by atoms with Crippen LogP contribution in [0.5, 0.6) is 0 Å². The Bertz CT molecular complexity index is 1300. The van der Waals surface area contributed by atoms with Gasteiger partial charge >= 0.3 is 0 Å². The highest BCUT2D eigenvalue weighted by Crippen LogP contribution is 2.46. The number of amides is 3. The minimum Gasteiger partial charge on any atom is -0.343 e. The van der Waals surface area contributed by atoms with Gasteiger partial charge in [0.05, 0.1) is 11.5 Å². The summed E-state index contributed by atoms with van der Waals surface area (Å²) in [7, 11) is 0. The number of carbonyl (C=O) groups excluding carboxylic acids is 3. The lowest BCUT2D eigenvalue weighted by molar-refractivity contribution is -0.138. The van der Waals surface area contributed by atoms with E-state index < -0.39 is 11.5 Å². The van der Waals surface area contributed by atoms with Gasteiger partial charge in [0.15, 0.2) is 0 Å². The van der Waals surface area contributed by atoms with E-state index in [0.717, 1.165) is 35.2 Å². The van der Waals surface area contributed by atoms with Crippen LogP contribution < -0.4 is 10.6 Å². The molecule has 6 heteroatoms. The molecule has 0 bridgehead atoms. The van der Waals surface area contributed by atoms with Gasteiger partial charge in [-0.3, -0.25) is 14.4 Å². The fourth-order valence-corrected chi connectivity index (χ4v) is 6.50. The number of benzene rings is 3. The standard InChI is InChI=1S/C34H39N3O3/c1-24(2)34(27-18-9-10-19-28(27)35-33(34)40)22-12-11-21-30(38)37-23-13-20-29(37)32(39)36-31(25-14-5-3-6-15-25)26-16-7-4-8-17-26/h3-10,14-19,24,29,31H,11-13,20-23H2,1-2H3,(H,35,40)(H,36,39)/t29-,34?/m1/s1. The van der Waals surface area contributed by atoms with Crippen molar-refractivity contribution < 1.29 is 14.4 Å². The molecule has 2 aliphatic heterocycles. The Labute approximate surface area is 237 Å². The van der Waals surface area contributed by atoms with Gasteiger partial charge in [-0.15, -0.1) is 0 Å². The number of nitrogens with one attached hydrogen (secondary N) is 2. The van der Waals surface area contributed by atoms with E-state index in [-0.39, 0.29) is 29.7 Å². The van der Waals surface area contributed by atoms with Crippen LogP contribution in [0.1, 0.15) is 75.1 Å². The normalized spacial score (nSPS) is 20.1. The number of anilines is 1. The van der Waals surface area contributed by atoms with Gasteiger partial charge in [-0.1, -0.05) is 99.1 Å². The summed E-state index contributed by atoms with van der Waals surface area (Å²) in [6, 6.07) is 27.1. The third-order valence-electron chi connectivity index (χ3n) is 8.69. The number of para-hydroxylation sites is 1. The molecule has 2 N–H and O–H groups in total. The van der Waals surface area contributed by atoms with Crippen molar-refractivity contribution in [2.75, 3.05) is 11.9 Å². The largest absolute Gasteiger partial charge is 0.343 e. The van der Waals surface area contributed by atoms with E-state index in [0.29, 0.717) is 32.2 Å². The summed E-state index contributed by atoms with van der Waals surface area (Å²) >= 11 is 0. The van der Waals surface area contributed by atoms with E-state index in [9.17, 15) is 14.4 Å². The molecule has 0 spiro atoms. The quantitative estimate of drug-likeness (QED) is 0.312. The Morgan fingerprint density at radius 2 is 1.55 bits per heavy atom. The number of hydrogen-bond donors (Lipinski definition) is 2. The highest BCUT2D eigenvalue weighted by molar-refractivity contribution is 6.06. The molecule has 208 valence electrons. The summed E-state index contributed by atoms with van der Waals surface area (Å²) < 4.78 is 0. The van der Waals surface area contributed by atoms with E-state index in [1.54, 1.807) is 4.90 Å². The zero-order valence-electron chi connectivity index (χ0n) is 23.4. The van der Waals surface area contributed by atoms with Crippen LogP contribution in [-0.2, 0) is 19.8 Å². The minimum absolute atomic E-state index is 0.0171. The van der Waals surface area contributed by atoms with Gasteiger partial charge in [0.1, 0.15) is 6.04 Å². The first-order valence-corrected chi connectivity index (χ1v) is 14.5. The smallest absolute Gasteiger partial charge is 0.243 e. The second-order valence-electron chi connectivity index (χ2n) is 11.3. The van der Waals surface area contributed by atoms with Crippen molar-refractivity contribution in [2.45, 2.75) is 69.9 Å². The molecule has 3 aromatic rings. The van der Waals surface area contributed by atoms with Crippen LogP contribution in [-0.4, -0.2) is 35.2 Å². The number of unbranched alkanes of at least 4 members (excludes halogenated alkanes) is 1. The van der Waals surface area contributed by atoms with Crippen molar-refractivity contribution >= 4 is 23.4 Å². The van der Waals surface area contributed by atoms with E-state index in [4.69, 9.17) is 0 Å². The number of likely N-dealkylation sites (tertiary alicyclic amines) is 1. The van der Waals surface area contributed by atoms with Gasteiger partial charge in [0, 0.05) is 18.7 Å². The van der Waals surface area contributed by atoms with Gasteiger partial charge in [0.2, 0.25) is 17.7 Å². The maximum absolute atomic E-state index is 13.5.